The van der Waals surface area contributed by atoms with Crippen LogP contribution in [0.5, 0.6) is 0 Å². The minimum Gasteiger partial charge on any atom is -0.387 e. The molecule has 0 aliphatic rings. The molecule has 0 fully saturated rings. The van der Waals surface area contributed by atoms with Crippen molar-refractivity contribution >= 4 is 27.0 Å². The van der Waals surface area contributed by atoms with E-state index in [2.05, 4.69) is 21.9 Å². The minimum atomic E-state index is -3.57. The van der Waals surface area contributed by atoms with Gasteiger partial charge in [0.15, 0.2) is 0 Å². The number of hydrogen-bond acceptors (Lipinski definition) is 5. The Kier molecular flexibility index (Phi) is 4.74. The van der Waals surface area contributed by atoms with Crippen molar-refractivity contribution in [2.45, 2.75) is 24.8 Å². The molecule has 0 aliphatic carbocycles. The Morgan fingerprint density at radius 2 is 2.15 bits per heavy atom. The van der Waals surface area contributed by atoms with E-state index in [0.717, 1.165) is 11.3 Å². The van der Waals surface area contributed by atoms with Crippen LogP contribution in [0.15, 0.2) is 34.8 Å². The molecule has 2 aromatic rings. The second-order valence-electron chi connectivity index (χ2n) is 4.17. The summed E-state index contributed by atoms with van der Waals surface area (Å²) in [5.74, 6) is 0. The van der Waals surface area contributed by atoms with Crippen molar-refractivity contribution in [1.82, 2.24) is 9.71 Å². The lowest BCUT2D eigenvalue weighted by Gasteiger charge is -2.10. The molecular weight excluding hydrogens is 294 g/mol. The van der Waals surface area contributed by atoms with Crippen molar-refractivity contribution in [3.05, 3.63) is 40.3 Å². The molecule has 0 unspecified atom stereocenters. The van der Waals surface area contributed by atoms with Crippen LogP contribution in [0.4, 0.5) is 5.69 Å². The van der Waals surface area contributed by atoms with Crippen molar-refractivity contribution in [3.63, 3.8) is 0 Å². The molecule has 0 saturated heterocycles. The second-order valence-corrected chi connectivity index (χ2v) is 6.90. The summed E-state index contributed by atoms with van der Waals surface area (Å²) < 4.78 is 27.3. The van der Waals surface area contributed by atoms with Crippen LogP contribution in [0.2, 0.25) is 0 Å². The van der Waals surface area contributed by atoms with Crippen LogP contribution in [0.3, 0.4) is 0 Å². The molecular formula is C13H17N3O2S2. The van der Waals surface area contributed by atoms with Crippen LogP contribution in [-0.4, -0.2) is 20.4 Å². The topological polar surface area (TPSA) is 71.1 Å². The number of rotatable bonds is 6. The lowest BCUT2D eigenvalue weighted by atomic mass is 10.2. The molecule has 0 saturated carbocycles. The molecule has 0 amide bonds. The summed E-state index contributed by atoms with van der Waals surface area (Å²) in [6, 6.07) is 3.66. The summed E-state index contributed by atoms with van der Waals surface area (Å²) >= 11 is 1.56. The number of anilines is 1. The highest BCUT2D eigenvalue weighted by atomic mass is 32.2. The Morgan fingerprint density at radius 3 is 2.85 bits per heavy atom. The smallest absolute Gasteiger partial charge is 0.244 e. The number of sulfonamides is 1. The first-order chi connectivity index (χ1) is 9.58. The second kappa shape index (κ2) is 6.34. The third kappa shape index (κ3) is 3.17. The summed E-state index contributed by atoms with van der Waals surface area (Å²) in [5.41, 5.74) is 1.71. The monoisotopic (exact) mass is 311 g/mol. The van der Waals surface area contributed by atoms with E-state index in [9.17, 15) is 8.42 Å². The number of hydrogen-bond donors (Lipinski definition) is 2. The summed E-state index contributed by atoms with van der Waals surface area (Å²) in [7, 11) is -1.89. The molecule has 2 heterocycles. The first kappa shape index (κ1) is 15.0. The number of aryl methyl sites for hydroxylation is 1. The zero-order valence-corrected chi connectivity index (χ0v) is 13.0. The van der Waals surface area contributed by atoms with Gasteiger partial charge in [-0.2, -0.15) is 0 Å². The molecule has 2 N–H and O–H groups in total. The predicted molar refractivity (Wildman–Crippen MR) is 81.5 cm³/mol. The Morgan fingerprint density at radius 1 is 1.35 bits per heavy atom. The molecule has 0 bridgehead atoms. The first-order valence-electron chi connectivity index (χ1n) is 6.25. The SMILES string of the molecule is CCc1ccsc1CNS(=O)(=O)c1cnccc1NC. The average molecular weight is 311 g/mol. The highest BCUT2D eigenvalue weighted by Crippen LogP contribution is 2.21. The van der Waals surface area contributed by atoms with Gasteiger partial charge < -0.3 is 5.32 Å². The quantitative estimate of drug-likeness (QED) is 0.858. The standard InChI is InChI=1S/C13H17N3O2S2/c1-3-10-5-7-19-12(10)8-16-20(17,18)13-9-15-6-4-11(13)14-2/h4-7,9,16H,3,8H2,1-2H3,(H,14,15). The molecule has 0 aliphatic heterocycles. The van der Waals surface area contributed by atoms with Crippen molar-refractivity contribution < 1.29 is 8.42 Å². The van der Waals surface area contributed by atoms with Gasteiger partial charge in [0.25, 0.3) is 0 Å². The predicted octanol–water partition coefficient (Wildman–Crippen LogP) is 2.23. The van der Waals surface area contributed by atoms with Gasteiger partial charge >= 0.3 is 0 Å². The van der Waals surface area contributed by atoms with Crippen LogP contribution in [0, 0.1) is 0 Å². The summed E-state index contributed by atoms with van der Waals surface area (Å²) in [4.78, 5) is 5.09. The van der Waals surface area contributed by atoms with Crippen LogP contribution < -0.4 is 10.0 Å². The number of aromatic nitrogens is 1. The third-order valence-corrected chi connectivity index (χ3v) is 5.38. The zero-order valence-electron chi connectivity index (χ0n) is 11.4. The first-order valence-corrected chi connectivity index (χ1v) is 8.61. The normalized spacial score (nSPS) is 11.5. The number of nitrogens with one attached hydrogen (secondary N) is 2. The fourth-order valence-electron chi connectivity index (χ4n) is 1.88. The largest absolute Gasteiger partial charge is 0.387 e. The molecule has 5 nitrogen and oxygen atoms in total. The molecule has 2 rings (SSSR count). The van der Waals surface area contributed by atoms with Crippen LogP contribution in [0.25, 0.3) is 0 Å². The van der Waals surface area contributed by atoms with Gasteiger partial charge in [0.1, 0.15) is 4.90 Å². The van der Waals surface area contributed by atoms with Crippen LogP contribution in [0.1, 0.15) is 17.4 Å². The van der Waals surface area contributed by atoms with Crippen molar-refractivity contribution in [2.24, 2.45) is 0 Å². The van der Waals surface area contributed by atoms with E-state index >= 15 is 0 Å². The lowest BCUT2D eigenvalue weighted by Crippen LogP contribution is -2.24. The van der Waals surface area contributed by atoms with E-state index in [1.165, 1.54) is 11.8 Å². The van der Waals surface area contributed by atoms with Crippen LogP contribution >= 0.6 is 11.3 Å². The maximum absolute atomic E-state index is 12.3. The van der Waals surface area contributed by atoms with E-state index < -0.39 is 10.0 Å². The maximum Gasteiger partial charge on any atom is 0.244 e. The summed E-state index contributed by atoms with van der Waals surface area (Å²) in [6.45, 7) is 2.36. The molecule has 0 aromatic carbocycles. The van der Waals surface area contributed by atoms with Crippen molar-refractivity contribution in [1.29, 1.82) is 0 Å². The van der Waals surface area contributed by atoms with E-state index in [1.54, 1.807) is 30.6 Å². The molecule has 0 atom stereocenters. The van der Waals surface area contributed by atoms with Gasteiger partial charge in [-0.25, -0.2) is 13.1 Å². The van der Waals surface area contributed by atoms with Gasteiger partial charge in [-0.15, -0.1) is 11.3 Å². The third-order valence-electron chi connectivity index (χ3n) is 2.98. The van der Waals surface area contributed by atoms with Gasteiger partial charge in [-0.05, 0) is 29.5 Å². The Hall–Kier alpha value is -1.44. The van der Waals surface area contributed by atoms with E-state index in [0.29, 0.717) is 12.2 Å². The van der Waals surface area contributed by atoms with E-state index in [1.807, 2.05) is 11.4 Å². The Labute approximate surface area is 123 Å². The van der Waals surface area contributed by atoms with E-state index in [-0.39, 0.29) is 4.90 Å². The molecule has 0 spiro atoms. The molecule has 2 aromatic heterocycles. The van der Waals surface area contributed by atoms with Gasteiger partial charge in [0.2, 0.25) is 10.0 Å². The fourth-order valence-corrected chi connectivity index (χ4v) is 4.03. The highest BCUT2D eigenvalue weighted by Gasteiger charge is 2.18. The zero-order chi connectivity index (χ0) is 14.6. The number of pyridine rings is 1. The minimum absolute atomic E-state index is 0.164. The van der Waals surface area contributed by atoms with Gasteiger partial charge in [0, 0.05) is 30.9 Å². The van der Waals surface area contributed by atoms with Crippen LogP contribution in [-0.2, 0) is 23.0 Å². The molecule has 0 radical (unpaired) electrons. The van der Waals surface area contributed by atoms with Gasteiger partial charge in [-0.3, -0.25) is 4.98 Å². The van der Waals surface area contributed by atoms with Gasteiger partial charge in [0.05, 0.1) is 5.69 Å². The summed E-state index contributed by atoms with van der Waals surface area (Å²) in [5, 5.41) is 4.84. The fraction of sp³-hybridized carbons (Fsp3) is 0.308. The lowest BCUT2D eigenvalue weighted by molar-refractivity contribution is 0.581. The van der Waals surface area contributed by atoms with E-state index in [4.69, 9.17) is 0 Å². The molecule has 20 heavy (non-hydrogen) atoms. The molecule has 7 heteroatoms. The van der Waals surface area contributed by atoms with Gasteiger partial charge in [-0.1, -0.05) is 6.92 Å². The van der Waals surface area contributed by atoms with Crippen molar-refractivity contribution in [2.75, 3.05) is 12.4 Å². The Balaban J connectivity index is 2.19. The summed E-state index contributed by atoms with van der Waals surface area (Å²) in [6.07, 6.45) is 3.80. The number of nitrogens with zero attached hydrogens (tertiary/aromatic N) is 1. The Bertz CT molecular complexity index is 680. The average Bonchev–Trinajstić information content (AvgIpc) is 2.92. The molecule has 108 valence electrons. The van der Waals surface area contributed by atoms with Crippen molar-refractivity contribution in [3.8, 4) is 0 Å². The maximum atomic E-state index is 12.3. The number of thiophene rings is 1. The highest BCUT2D eigenvalue weighted by molar-refractivity contribution is 7.89.